The molecule has 3 N–H and O–H groups in total. The smallest absolute Gasteiger partial charge is 0.204 e. The fraction of sp³-hybridized carbons (Fsp3) is 0.409. The van der Waals surface area contributed by atoms with Crippen LogP contribution in [0.15, 0.2) is 48.5 Å². The Kier molecular flexibility index (Phi) is 6.21. The van der Waals surface area contributed by atoms with Gasteiger partial charge in [-0.05, 0) is 29.2 Å². The third-order valence-electron chi connectivity index (χ3n) is 4.57. The Balaban J connectivity index is 1.74. The number of ether oxygens (including phenoxy) is 1. The Labute approximate surface area is 165 Å². The quantitative estimate of drug-likeness (QED) is 0.557. The van der Waals surface area contributed by atoms with Gasteiger partial charge in [0, 0.05) is 6.54 Å². The molecule has 150 valence electrons. The molecular weight excluding hydrogens is 354 g/mol. The minimum atomic E-state index is -0.708. The van der Waals surface area contributed by atoms with E-state index < -0.39 is 6.10 Å². The number of aliphatic hydroxyl groups excluding tert-OH is 2. The summed E-state index contributed by atoms with van der Waals surface area (Å²) in [5, 5.41) is 22.9. The molecular formula is C22H29N3O3. The summed E-state index contributed by atoms with van der Waals surface area (Å²) in [7, 11) is 0. The Hall–Kier alpha value is -2.57. The van der Waals surface area contributed by atoms with Crippen LogP contribution in [0, 0.1) is 0 Å². The van der Waals surface area contributed by atoms with E-state index in [-0.39, 0.29) is 18.6 Å². The largest absolute Gasteiger partial charge is 0.491 e. The lowest BCUT2D eigenvalue weighted by molar-refractivity contribution is 0.0929. The Morgan fingerprint density at radius 2 is 1.82 bits per heavy atom. The van der Waals surface area contributed by atoms with Gasteiger partial charge in [0.05, 0.1) is 24.2 Å². The molecule has 1 heterocycles. The Morgan fingerprint density at radius 1 is 1.11 bits per heavy atom. The molecule has 0 fully saturated rings. The maximum atomic E-state index is 10.6. The fourth-order valence-corrected chi connectivity index (χ4v) is 3.22. The second kappa shape index (κ2) is 8.63. The number of aromatic nitrogens is 2. The predicted molar refractivity (Wildman–Crippen MR) is 112 cm³/mol. The number of para-hydroxylation sites is 3. The monoisotopic (exact) mass is 383 g/mol. The van der Waals surface area contributed by atoms with Crippen molar-refractivity contribution in [2.45, 2.75) is 38.8 Å². The van der Waals surface area contributed by atoms with Gasteiger partial charge in [0.25, 0.3) is 0 Å². The molecule has 1 atom stereocenters. The molecule has 0 radical (unpaired) electrons. The molecule has 0 saturated heterocycles. The van der Waals surface area contributed by atoms with E-state index in [2.05, 4.69) is 37.1 Å². The van der Waals surface area contributed by atoms with Crippen LogP contribution in [0.2, 0.25) is 0 Å². The van der Waals surface area contributed by atoms with Gasteiger partial charge < -0.3 is 24.8 Å². The first-order valence-electron chi connectivity index (χ1n) is 9.60. The first kappa shape index (κ1) is 20.2. The molecule has 3 aromatic rings. The number of benzene rings is 2. The summed E-state index contributed by atoms with van der Waals surface area (Å²) >= 11 is 0. The molecule has 28 heavy (non-hydrogen) atoms. The molecule has 6 heteroatoms. The molecule has 0 spiro atoms. The first-order valence-corrected chi connectivity index (χ1v) is 9.60. The van der Waals surface area contributed by atoms with Gasteiger partial charge in [-0.3, -0.25) is 0 Å². The Bertz CT molecular complexity index is 915. The third kappa shape index (κ3) is 4.64. The zero-order chi connectivity index (χ0) is 20.1. The minimum absolute atomic E-state index is 0.0124. The lowest BCUT2D eigenvalue weighted by atomic mass is 9.86. The Morgan fingerprint density at radius 3 is 2.57 bits per heavy atom. The fourth-order valence-electron chi connectivity index (χ4n) is 3.22. The number of rotatable bonds is 8. The van der Waals surface area contributed by atoms with Gasteiger partial charge in [0.15, 0.2) is 0 Å². The van der Waals surface area contributed by atoms with Crippen molar-refractivity contribution < 1.29 is 14.9 Å². The summed E-state index contributed by atoms with van der Waals surface area (Å²) in [5.74, 6) is 1.42. The maximum Gasteiger partial charge on any atom is 0.204 e. The van der Waals surface area contributed by atoms with Gasteiger partial charge in [-0.1, -0.05) is 51.1 Å². The summed E-state index contributed by atoms with van der Waals surface area (Å²) in [6.07, 6.45) is -0.708. The molecule has 0 saturated carbocycles. The second-order valence-electron chi connectivity index (χ2n) is 7.90. The molecule has 0 bridgehead atoms. The minimum Gasteiger partial charge on any atom is -0.491 e. The number of hydrogen-bond acceptors (Lipinski definition) is 5. The van der Waals surface area contributed by atoms with Crippen LogP contribution < -0.4 is 10.1 Å². The van der Waals surface area contributed by atoms with Crippen LogP contribution in [0.25, 0.3) is 11.0 Å². The number of fused-ring (bicyclic) bond motifs is 1. The number of nitrogens with one attached hydrogen (secondary N) is 1. The summed E-state index contributed by atoms with van der Waals surface area (Å²) < 4.78 is 7.89. The van der Waals surface area contributed by atoms with Gasteiger partial charge in [-0.2, -0.15) is 0 Å². The van der Waals surface area contributed by atoms with Crippen molar-refractivity contribution in [1.82, 2.24) is 9.55 Å². The zero-order valence-electron chi connectivity index (χ0n) is 16.7. The van der Waals surface area contributed by atoms with E-state index in [0.717, 1.165) is 22.3 Å². The average molecular weight is 383 g/mol. The van der Waals surface area contributed by atoms with E-state index in [4.69, 9.17) is 9.84 Å². The molecule has 1 aromatic heterocycles. The zero-order valence-corrected chi connectivity index (χ0v) is 16.7. The van der Waals surface area contributed by atoms with Crippen LogP contribution >= 0.6 is 0 Å². The number of anilines is 1. The van der Waals surface area contributed by atoms with Crippen molar-refractivity contribution in [1.29, 1.82) is 0 Å². The third-order valence-corrected chi connectivity index (χ3v) is 4.57. The lowest BCUT2D eigenvalue weighted by Crippen LogP contribution is -2.25. The van der Waals surface area contributed by atoms with Crippen LogP contribution in [-0.2, 0) is 12.0 Å². The normalized spacial score (nSPS) is 12.9. The standard InChI is InChI=1S/C22H29N3O3/c1-22(2,3)17-8-4-7-11-20(17)28-15-16(27)14-25-19-10-6-5-9-18(19)24-21(25)23-12-13-26/h4-11,16,26-27H,12-15H2,1-3H3,(H,23,24). The van der Waals surface area contributed by atoms with E-state index in [1.807, 2.05) is 47.0 Å². The number of nitrogens with zero attached hydrogens (tertiary/aromatic N) is 2. The predicted octanol–water partition coefficient (Wildman–Crippen LogP) is 3.18. The van der Waals surface area contributed by atoms with E-state index in [1.54, 1.807) is 0 Å². The summed E-state index contributed by atoms with van der Waals surface area (Å²) in [5.41, 5.74) is 2.84. The number of hydrogen-bond donors (Lipinski definition) is 3. The summed E-state index contributed by atoms with van der Waals surface area (Å²) in [6.45, 7) is 7.35. The van der Waals surface area contributed by atoms with Crippen LogP contribution in [0.4, 0.5) is 5.95 Å². The highest BCUT2D eigenvalue weighted by atomic mass is 16.5. The highest BCUT2D eigenvalue weighted by molar-refractivity contribution is 5.78. The van der Waals surface area contributed by atoms with E-state index in [1.165, 1.54) is 0 Å². The topological polar surface area (TPSA) is 79.5 Å². The van der Waals surface area contributed by atoms with Crippen LogP contribution in [0.3, 0.4) is 0 Å². The summed E-state index contributed by atoms with van der Waals surface area (Å²) in [4.78, 5) is 4.56. The van der Waals surface area contributed by atoms with Crippen LogP contribution in [0.1, 0.15) is 26.3 Å². The van der Waals surface area contributed by atoms with E-state index in [9.17, 15) is 5.11 Å². The lowest BCUT2D eigenvalue weighted by Gasteiger charge is -2.23. The van der Waals surface area contributed by atoms with Gasteiger partial charge in [-0.25, -0.2) is 4.98 Å². The summed E-state index contributed by atoms with van der Waals surface area (Å²) in [6, 6.07) is 15.7. The van der Waals surface area contributed by atoms with Crippen molar-refractivity contribution in [3.63, 3.8) is 0 Å². The van der Waals surface area contributed by atoms with Gasteiger partial charge in [0.1, 0.15) is 18.5 Å². The maximum absolute atomic E-state index is 10.6. The highest BCUT2D eigenvalue weighted by Crippen LogP contribution is 2.31. The number of aliphatic hydroxyl groups is 2. The molecule has 1 unspecified atom stereocenters. The number of imidazole rings is 1. The van der Waals surface area contributed by atoms with Crippen molar-refractivity contribution in [2.24, 2.45) is 0 Å². The van der Waals surface area contributed by atoms with Crippen LogP contribution in [0.5, 0.6) is 5.75 Å². The highest BCUT2D eigenvalue weighted by Gasteiger charge is 2.20. The van der Waals surface area contributed by atoms with Crippen molar-refractivity contribution in [3.05, 3.63) is 54.1 Å². The van der Waals surface area contributed by atoms with Crippen molar-refractivity contribution >= 4 is 17.0 Å². The van der Waals surface area contributed by atoms with E-state index >= 15 is 0 Å². The van der Waals surface area contributed by atoms with Gasteiger partial charge >= 0.3 is 0 Å². The molecule has 6 nitrogen and oxygen atoms in total. The average Bonchev–Trinajstić information content (AvgIpc) is 3.01. The molecule has 2 aromatic carbocycles. The second-order valence-corrected chi connectivity index (χ2v) is 7.90. The SMILES string of the molecule is CC(C)(C)c1ccccc1OCC(O)Cn1c(NCCO)nc2ccccc21. The van der Waals surface area contributed by atoms with Gasteiger partial charge in [0.2, 0.25) is 5.95 Å². The van der Waals surface area contributed by atoms with Crippen LogP contribution in [-0.4, -0.2) is 45.6 Å². The molecule has 0 aliphatic carbocycles. The van der Waals surface area contributed by atoms with Crippen molar-refractivity contribution in [3.8, 4) is 5.75 Å². The molecule has 0 aliphatic heterocycles. The van der Waals surface area contributed by atoms with Gasteiger partial charge in [-0.15, -0.1) is 0 Å². The van der Waals surface area contributed by atoms with Crippen molar-refractivity contribution in [2.75, 3.05) is 25.1 Å². The van der Waals surface area contributed by atoms with E-state index in [0.29, 0.717) is 19.0 Å². The molecule has 0 amide bonds. The first-order chi connectivity index (χ1) is 13.4. The molecule has 0 aliphatic rings. The molecule has 3 rings (SSSR count).